The number of hydrogen-bond acceptors (Lipinski definition) is 4. The van der Waals surface area contributed by atoms with Crippen molar-refractivity contribution in [3.63, 3.8) is 0 Å². The van der Waals surface area contributed by atoms with Crippen molar-refractivity contribution in [2.75, 3.05) is 13.6 Å². The zero-order valence-electron chi connectivity index (χ0n) is 18.5. The maximum Gasteiger partial charge on any atom is 0.254 e. The van der Waals surface area contributed by atoms with Gasteiger partial charge in [0.2, 0.25) is 5.91 Å². The second kappa shape index (κ2) is 9.25. The Morgan fingerprint density at radius 2 is 1.83 bits per heavy atom. The van der Waals surface area contributed by atoms with Crippen LogP contribution < -0.4 is 16.0 Å². The number of carbonyl (C=O) groups excluding carboxylic acids is 2. The molecule has 2 saturated carbocycles. The molecule has 2 amide bonds. The van der Waals surface area contributed by atoms with Gasteiger partial charge < -0.3 is 16.0 Å². The van der Waals surface area contributed by atoms with Crippen LogP contribution in [-0.4, -0.2) is 53.9 Å². The summed E-state index contributed by atoms with van der Waals surface area (Å²) >= 11 is 0. The fourth-order valence-electron chi connectivity index (χ4n) is 6.28. The third kappa shape index (κ3) is 4.66. The average molecular weight is 418 g/mol. The summed E-state index contributed by atoms with van der Waals surface area (Å²) in [4.78, 5) is 26.7. The molecule has 30 heavy (non-hydrogen) atoms. The van der Waals surface area contributed by atoms with E-state index in [0.717, 1.165) is 63.8 Å². The third-order valence-electron chi connectivity index (χ3n) is 8.02. The quantitative estimate of drug-likeness (QED) is 0.512. The van der Waals surface area contributed by atoms with Crippen LogP contribution in [0.3, 0.4) is 0 Å². The van der Waals surface area contributed by atoms with Crippen LogP contribution in [0.4, 0.5) is 0 Å². The van der Waals surface area contributed by atoms with Crippen LogP contribution in [0.5, 0.6) is 0 Å². The molecule has 4 fully saturated rings. The first-order valence-electron chi connectivity index (χ1n) is 12.2. The van der Waals surface area contributed by atoms with E-state index in [1.54, 1.807) is 7.05 Å². The Morgan fingerprint density at radius 1 is 1.07 bits per heavy atom. The molecular weight excluding hydrogens is 378 g/mol. The van der Waals surface area contributed by atoms with E-state index >= 15 is 0 Å². The number of nitrogens with one attached hydrogen (secondary N) is 4. The largest absolute Gasteiger partial charge is 0.355 e. The van der Waals surface area contributed by atoms with Crippen LogP contribution in [0, 0.1) is 17.2 Å². The molecule has 4 atom stereocenters. The second-order valence-electron chi connectivity index (χ2n) is 10.2. The van der Waals surface area contributed by atoms with Crippen LogP contribution in [0.25, 0.3) is 0 Å². The fraction of sp³-hybridized carbons (Fsp3) is 0.870. The lowest BCUT2D eigenvalue weighted by molar-refractivity contribution is -0.131. The molecule has 7 heteroatoms. The van der Waals surface area contributed by atoms with Gasteiger partial charge in [-0.15, -0.1) is 0 Å². The van der Waals surface area contributed by atoms with E-state index in [-0.39, 0.29) is 23.8 Å². The maximum atomic E-state index is 13.2. The van der Waals surface area contributed by atoms with Crippen molar-refractivity contribution in [1.82, 2.24) is 20.9 Å². The van der Waals surface area contributed by atoms with Crippen molar-refractivity contribution in [3.8, 4) is 0 Å². The fourth-order valence-corrected chi connectivity index (χ4v) is 6.28. The lowest BCUT2D eigenvalue weighted by atomic mass is 9.74. The van der Waals surface area contributed by atoms with Gasteiger partial charge in [-0.3, -0.25) is 19.9 Å². The Bertz CT molecular complexity index is 662. The molecule has 0 aromatic rings. The number of guanidine groups is 1. The maximum absolute atomic E-state index is 13.2. The molecule has 2 saturated heterocycles. The monoisotopic (exact) mass is 417 g/mol. The summed E-state index contributed by atoms with van der Waals surface area (Å²) in [5.74, 6) is 1.63. The standard InChI is InChI=1S/C23H39N5O2/c1-28-21(30)23(27-22(28)24,12-10-16-6-3-2-4-7-16)15-17-8-5-9-18(14-17)26-19-11-13-25-20(19)29/h16-19,26H,2-15H2,1H3,(H2,24,27)(H,25,29)/t17-,18-,19-,23?/m0/s1. The van der Waals surface area contributed by atoms with Gasteiger partial charge in [-0.25, -0.2) is 0 Å². The van der Waals surface area contributed by atoms with Gasteiger partial charge >= 0.3 is 0 Å². The predicted octanol–water partition coefficient (Wildman–Crippen LogP) is 2.51. The van der Waals surface area contributed by atoms with Crippen LogP contribution in [-0.2, 0) is 9.59 Å². The predicted molar refractivity (Wildman–Crippen MR) is 117 cm³/mol. The Labute approximate surface area is 180 Å². The summed E-state index contributed by atoms with van der Waals surface area (Å²) in [6.07, 6.45) is 14.5. The SMILES string of the molecule is CN1C(=N)NC(CCC2CCCCC2)(C[C@H]2CCC[C@H](N[C@H]3CCNC3=O)C2)C1=O. The van der Waals surface area contributed by atoms with Gasteiger partial charge in [-0.1, -0.05) is 44.9 Å². The first-order chi connectivity index (χ1) is 14.5. The highest BCUT2D eigenvalue weighted by Crippen LogP contribution is 2.38. The molecule has 7 nitrogen and oxygen atoms in total. The summed E-state index contributed by atoms with van der Waals surface area (Å²) in [5, 5.41) is 18.0. The summed E-state index contributed by atoms with van der Waals surface area (Å²) in [7, 11) is 1.73. The molecule has 0 aromatic heterocycles. The molecule has 2 heterocycles. The highest BCUT2D eigenvalue weighted by Gasteiger charge is 2.49. The van der Waals surface area contributed by atoms with E-state index in [0.29, 0.717) is 12.0 Å². The van der Waals surface area contributed by atoms with Crippen molar-refractivity contribution in [2.24, 2.45) is 11.8 Å². The summed E-state index contributed by atoms with van der Waals surface area (Å²) < 4.78 is 0. The normalized spacial score (nSPS) is 35.6. The number of rotatable bonds is 7. The molecular formula is C23H39N5O2. The van der Waals surface area contributed by atoms with Crippen LogP contribution in [0.15, 0.2) is 0 Å². The number of nitrogens with zero attached hydrogens (tertiary/aromatic N) is 1. The Balaban J connectivity index is 1.40. The highest BCUT2D eigenvalue weighted by atomic mass is 16.2. The zero-order valence-corrected chi connectivity index (χ0v) is 18.5. The second-order valence-corrected chi connectivity index (χ2v) is 10.2. The molecule has 1 unspecified atom stereocenters. The molecule has 168 valence electrons. The first-order valence-corrected chi connectivity index (χ1v) is 12.2. The summed E-state index contributed by atoms with van der Waals surface area (Å²) in [6, 6.07) is 0.293. The number of carbonyl (C=O) groups is 2. The Kier molecular flexibility index (Phi) is 6.66. The molecule has 2 aliphatic carbocycles. The molecule has 0 radical (unpaired) electrons. The third-order valence-corrected chi connectivity index (χ3v) is 8.02. The van der Waals surface area contributed by atoms with Gasteiger partial charge in [-0.05, 0) is 50.4 Å². The molecule has 4 N–H and O–H groups in total. The van der Waals surface area contributed by atoms with E-state index in [1.165, 1.54) is 37.0 Å². The minimum absolute atomic E-state index is 0.0560. The number of likely N-dealkylation sites (N-methyl/N-ethyl adjacent to an activating group) is 1. The van der Waals surface area contributed by atoms with Gasteiger partial charge in [0, 0.05) is 19.6 Å². The molecule has 0 spiro atoms. The van der Waals surface area contributed by atoms with Gasteiger partial charge in [0.15, 0.2) is 5.96 Å². The van der Waals surface area contributed by atoms with Crippen molar-refractivity contribution < 1.29 is 9.59 Å². The lowest BCUT2D eigenvalue weighted by Crippen LogP contribution is -2.50. The van der Waals surface area contributed by atoms with E-state index in [2.05, 4.69) is 16.0 Å². The van der Waals surface area contributed by atoms with Crippen molar-refractivity contribution in [2.45, 2.75) is 101 Å². The minimum Gasteiger partial charge on any atom is -0.355 e. The van der Waals surface area contributed by atoms with Crippen LogP contribution in [0.2, 0.25) is 0 Å². The van der Waals surface area contributed by atoms with Crippen molar-refractivity contribution in [1.29, 1.82) is 5.41 Å². The molecule has 2 aliphatic heterocycles. The molecule has 0 bridgehead atoms. The highest BCUT2D eigenvalue weighted by molar-refractivity contribution is 6.07. The van der Waals surface area contributed by atoms with E-state index < -0.39 is 5.54 Å². The van der Waals surface area contributed by atoms with E-state index in [1.807, 2.05) is 0 Å². The van der Waals surface area contributed by atoms with E-state index in [4.69, 9.17) is 5.41 Å². The van der Waals surface area contributed by atoms with Gasteiger partial charge in [0.1, 0.15) is 5.54 Å². The van der Waals surface area contributed by atoms with Gasteiger partial charge in [0.25, 0.3) is 5.91 Å². The van der Waals surface area contributed by atoms with Crippen molar-refractivity contribution in [3.05, 3.63) is 0 Å². The molecule has 0 aromatic carbocycles. The average Bonchev–Trinajstić information content (AvgIpc) is 3.24. The first kappa shape index (κ1) is 21.6. The number of amides is 2. The van der Waals surface area contributed by atoms with Crippen LogP contribution in [0.1, 0.15) is 83.5 Å². The van der Waals surface area contributed by atoms with Crippen molar-refractivity contribution >= 4 is 17.8 Å². The topological polar surface area (TPSA) is 97.3 Å². The summed E-state index contributed by atoms with van der Waals surface area (Å²) in [5.41, 5.74) is -0.611. The smallest absolute Gasteiger partial charge is 0.254 e. The van der Waals surface area contributed by atoms with E-state index in [9.17, 15) is 9.59 Å². The lowest BCUT2D eigenvalue weighted by Gasteiger charge is -2.37. The summed E-state index contributed by atoms with van der Waals surface area (Å²) in [6.45, 7) is 0.768. The van der Waals surface area contributed by atoms with Crippen LogP contribution >= 0.6 is 0 Å². The van der Waals surface area contributed by atoms with Gasteiger partial charge in [-0.2, -0.15) is 0 Å². The number of hydrogen-bond donors (Lipinski definition) is 4. The zero-order chi connectivity index (χ0) is 21.1. The molecule has 4 aliphatic rings. The Hall–Kier alpha value is -1.63. The minimum atomic E-state index is -0.611. The Morgan fingerprint density at radius 3 is 2.50 bits per heavy atom. The van der Waals surface area contributed by atoms with Gasteiger partial charge in [0.05, 0.1) is 6.04 Å². The molecule has 4 rings (SSSR count).